The van der Waals surface area contributed by atoms with E-state index >= 15 is 0 Å². The lowest BCUT2D eigenvalue weighted by Crippen LogP contribution is -2.34. The molecule has 1 N–H and O–H groups in total. The van der Waals surface area contributed by atoms with E-state index in [-0.39, 0.29) is 24.2 Å². The molecule has 0 aromatic carbocycles. The number of rotatable bonds is 6. The van der Waals surface area contributed by atoms with Crippen LogP contribution in [0.2, 0.25) is 0 Å². The minimum Gasteiger partial charge on any atom is -0.356 e. The summed E-state index contributed by atoms with van der Waals surface area (Å²) in [6.07, 6.45) is 4.49. The highest BCUT2D eigenvalue weighted by atomic mass is 16.2. The highest BCUT2D eigenvalue weighted by molar-refractivity contribution is 6.00. The van der Waals surface area contributed by atoms with Crippen molar-refractivity contribution in [1.82, 2.24) is 15.2 Å². The fourth-order valence-corrected chi connectivity index (χ4v) is 2.40. The summed E-state index contributed by atoms with van der Waals surface area (Å²) in [6, 6.07) is 3.62. The number of pyridine rings is 1. The van der Waals surface area contributed by atoms with Gasteiger partial charge < -0.3 is 15.1 Å². The van der Waals surface area contributed by atoms with E-state index in [4.69, 9.17) is 0 Å². The number of nitrogens with one attached hydrogen (secondary N) is 1. The van der Waals surface area contributed by atoms with Crippen LogP contribution in [0, 0.1) is 5.92 Å². The van der Waals surface area contributed by atoms with Crippen LogP contribution in [0.5, 0.6) is 0 Å². The van der Waals surface area contributed by atoms with E-state index in [1.165, 1.54) is 0 Å². The number of carbonyl (C=O) groups is 2. The number of aromatic nitrogens is 1. The molecule has 1 atom stereocenters. The van der Waals surface area contributed by atoms with Crippen molar-refractivity contribution in [1.29, 1.82) is 0 Å². The maximum atomic E-state index is 12.1. The number of carbonyl (C=O) groups excluding carboxylic acids is 2. The first-order valence-electron chi connectivity index (χ1n) is 7.21. The Morgan fingerprint density at radius 3 is 3.00 bits per heavy atom. The molecule has 0 saturated carbocycles. The van der Waals surface area contributed by atoms with Crippen LogP contribution in [-0.4, -0.2) is 55.4 Å². The zero-order valence-electron chi connectivity index (χ0n) is 12.6. The van der Waals surface area contributed by atoms with Gasteiger partial charge in [-0.05, 0) is 39.2 Å². The summed E-state index contributed by atoms with van der Waals surface area (Å²) in [5, 5.41) is 2.91. The fourth-order valence-electron chi connectivity index (χ4n) is 2.40. The highest BCUT2D eigenvalue weighted by Crippen LogP contribution is 2.24. The first-order chi connectivity index (χ1) is 10.1. The molecule has 2 amide bonds. The summed E-state index contributed by atoms with van der Waals surface area (Å²) in [4.78, 5) is 31.8. The van der Waals surface area contributed by atoms with Crippen LogP contribution in [-0.2, 0) is 9.59 Å². The SMILES string of the molecule is CN(C)CCCNC(=O)C1CC(=O)N(c2cccnc2)C1. The van der Waals surface area contributed by atoms with Crippen LogP contribution in [0.1, 0.15) is 12.8 Å². The van der Waals surface area contributed by atoms with E-state index in [1.807, 2.05) is 20.2 Å². The lowest BCUT2D eigenvalue weighted by Gasteiger charge is -2.16. The maximum Gasteiger partial charge on any atom is 0.227 e. The van der Waals surface area contributed by atoms with Crippen molar-refractivity contribution in [3.05, 3.63) is 24.5 Å². The Bertz CT molecular complexity index is 490. The summed E-state index contributed by atoms with van der Waals surface area (Å²) >= 11 is 0. The van der Waals surface area contributed by atoms with E-state index in [0.29, 0.717) is 13.1 Å². The van der Waals surface area contributed by atoms with Gasteiger partial charge in [0.05, 0.1) is 17.8 Å². The van der Waals surface area contributed by atoms with E-state index in [2.05, 4.69) is 15.2 Å². The molecular weight excluding hydrogens is 268 g/mol. The van der Waals surface area contributed by atoms with E-state index < -0.39 is 0 Å². The second kappa shape index (κ2) is 7.17. The second-order valence-electron chi connectivity index (χ2n) is 5.56. The molecule has 114 valence electrons. The lowest BCUT2D eigenvalue weighted by atomic mass is 10.1. The molecule has 1 aliphatic heterocycles. The Morgan fingerprint density at radius 2 is 2.33 bits per heavy atom. The molecule has 0 aliphatic carbocycles. The zero-order chi connectivity index (χ0) is 15.2. The second-order valence-corrected chi connectivity index (χ2v) is 5.56. The molecule has 1 unspecified atom stereocenters. The fraction of sp³-hybridized carbons (Fsp3) is 0.533. The molecule has 2 heterocycles. The molecule has 0 bridgehead atoms. The number of amides is 2. The minimum atomic E-state index is -0.267. The third-order valence-corrected chi connectivity index (χ3v) is 3.53. The van der Waals surface area contributed by atoms with Crippen molar-refractivity contribution in [2.45, 2.75) is 12.8 Å². The Hall–Kier alpha value is -1.95. The van der Waals surface area contributed by atoms with Crippen LogP contribution in [0.15, 0.2) is 24.5 Å². The number of hydrogen-bond donors (Lipinski definition) is 1. The van der Waals surface area contributed by atoms with Gasteiger partial charge in [-0.1, -0.05) is 0 Å². The predicted octanol–water partition coefficient (Wildman–Crippen LogP) is 0.502. The molecule has 6 heteroatoms. The van der Waals surface area contributed by atoms with Gasteiger partial charge in [-0.3, -0.25) is 14.6 Å². The molecule has 1 aromatic heterocycles. The molecule has 0 radical (unpaired) electrons. The zero-order valence-corrected chi connectivity index (χ0v) is 12.6. The number of nitrogens with zero attached hydrogens (tertiary/aromatic N) is 3. The van der Waals surface area contributed by atoms with Crippen LogP contribution < -0.4 is 10.2 Å². The van der Waals surface area contributed by atoms with Gasteiger partial charge in [0, 0.05) is 25.7 Å². The molecular formula is C15H22N4O2. The molecule has 2 rings (SSSR count). The van der Waals surface area contributed by atoms with Gasteiger partial charge in [-0.25, -0.2) is 0 Å². The van der Waals surface area contributed by atoms with Gasteiger partial charge in [0.1, 0.15) is 0 Å². The van der Waals surface area contributed by atoms with Crippen LogP contribution in [0.3, 0.4) is 0 Å². The summed E-state index contributed by atoms with van der Waals surface area (Å²) in [6.45, 7) is 2.02. The first kappa shape index (κ1) is 15.4. The quantitative estimate of drug-likeness (QED) is 0.775. The number of anilines is 1. The lowest BCUT2D eigenvalue weighted by molar-refractivity contribution is -0.126. The summed E-state index contributed by atoms with van der Waals surface area (Å²) in [5.74, 6) is -0.318. The molecule has 21 heavy (non-hydrogen) atoms. The van der Waals surface area contributed by atoms with E-state index in [0.717, 1.165) is 18.7 Å². The normalized spacial score (nSPS) is 18.3. The average molecular weight is 290 g/mol. The molecule has 1 aromatic rings. The highest BCUT2D eigenvalue weighted by Gasteiger charge is 2.34. The van der Waals surface area contributed by atoms with Gasteiger partial charge >= 0.3 is 0 Å². The third kappa shape index (κ3) is 4.26. The van der Waals surface area contributed by atoms with Gasteiger partial charge in [0.15, 0.2) is 0 Å². The molecule has 1 saturated heterocycles. The Kier molecular flexibility index (Phi) is 5.27. The van der Waals surface area contributed by atoms with E-state index in [9.17, 15) is 9.59 Å². The van der Waals surface area contributed by atoms with Gasteiger partial charge in [-0.15, -0.1) is 0 Å². The molecule has 1 aliphatic rings. The first-order valence-corrected chi connectivity index (χ1v) is 7.21. The van der Waals surface area contributed by atoms with Gasteiger partial charge in [-0.2, -0.15) is 0 Å². The smallest absolute Gasteiger partial charge is 0.227 e. The standard InChI is InChI=1S/C15H22N4O2/c1-18(2)8-4-7-17-15(21)12-9-14(20)19(11-12)13-5-3-6-16-10-13/h3,5-6,10,12H,4,7-9,11H2,1-2H3,(H,17,21). The van der Waals surface area contributed by atoms with Crippen molar-refractivity contribution in [3.63, 3.8) is 0 Å². The van der Waals surface area contributed by atoms with E-state index in [1.54, 1.807) is 23.4 Å². The molecule has 0 spiro atoms. The molecule has 6 nitrogen and oxygen atoms in total. The average Bonchev–Trinajstić information content (AvgIpc) is 2.86. The monoisotopic (exact) mass is 290 g/mol. The summed E-state index contributed by atoms with van der Waals surface area (Å²) in [7, 11) is 4.01. The van der Waals surface area contributed by atoms with Crippen molar-refractivity contribution >= 4 is 17.5 Å². The molecule has 1 fully saturated rings. The maximum absolute atomic E-state index is 12.1. The number of hydrogen-bond acceptors (Lipinski definition) is 4. The summed E-state index contributed by atoms with van der Waals surface area (Å²) in [5.41, 5.74) is 0.755. The largest absolute Gasteiger partial charge is 0.356 e. The van der Waals surface area contributed by atoms with Gasteiger partial charge in [0.2, 0.25) is 11.8 Å². The predicted molar refractivity (Wildman–Crippen MR) is 80.9 cm³/mol. The van der Waals surface area contributed by atoms with Crippen LogP contribution in [0.25, 0.3) is 0 Å². The Morgan fingerprint density at radius 1 is 1.52 bits per heavy atom. The topological polar surface area (TPSA) is 65.5 Å². The van der Waals surface area contributed by atoms with Crippen molar-refractivity contribution in [2.75, 3.05) is 38.6 Å². The third-order valence-electron chi connectivity index (χ3n) is 3.53. The van der Waals surface area contributed by atoms with Crippen LogP contribution >= 0.6 is 0 Å². The Labute approximate surface area is 125 Å². The van der Waals surface area contributed by atoms with Crippen molar-refractivity contribution < 1.29 is 9.59 Å². The minimum absolute atomic E-state index is 0.0172. The van der Waals surface area contributed by atoms with Crippen molar-refractivity contribution in [3.8, 4) is 0 Å². The Balaban J connectivity index is 1.83. The van der Waals surface area contributed by atoms with Crippen LogP contribution in [0.4, 0.5) is 5.69 Å². The van der Waals surface area contributed by atoms with Gasteiger partial charge in [0.25, 0.3) is 0 Å². The summed E-state index contributed by atoms with van der Waals surface area (Å²) < 4.78 is 0. The van der Waals surface area contributed by atoms with Crippen molar-refractivity contribution in [2.24, 2.45) is 5.92 Å².